The number of hydrogen-bond donors (Lipinski definition) is 1. The van der Waals surface area contributed by atoms with Crippen molar-refractivity contribution in [3.63, 3.8) is 0 Å². The van der Waals surface area contributed by atoms with Crippen molar-refractivity contribution >= 4 is 5.91 Å². The average molecular weight is 280 g/mol. The van der Waals surface area contributed by atoms with Gasteiger partial charge in [-0.15, -0.1) is 0 Å². The lowest BCUT2D eigenvalue weighted by Gasteiger charge is -2.34. The maximum Gasteiger partial charge on any atom is 0.251 e. The number of likely N-dealkylation sites (N-methyl/N-ethyl adjacent to an activating group) is 1. The summed E-state index contributed by atoms with van der Waals surface area (Å²) in [5.74, 6) is -0.00736. The Bertz CT molecular complexity index is 624. The van der Waals surface area contributed by atoms with Crippen molar-refractivity contribution in [2.45, 2.75) is 12.5 Å². The van der Waals surface area contributed by atoms with Gasteiger partial charge in [0.1, 0.15) is 0 Å². The highest BCUT2D eigenvalue weighted by Crippen LogP contribution is 2.27. The van der Waals surface area contributed by atoms with Crippen molar-refractivity contribution < 1.29 is 4.79 Å². The van der Waals surface area contributed by atoms with Gasteiger partial charge in [-0.2, -0.15) is 0 Å². The minimum absolute atomic E-state index is 0.00736. The summed E-state index contributed by atoms with van der Waals surface area (Å²) in [5, 5.41) is 3.06. The number of carbonyl (C=O) groups excluding carboxylic acids is 1. The molecule has 1 amide bonds. The van der Waals surface area contributed by atoms with Gasteiger partial charge in [-0.1, -0.05) is 42.5 Å². The third-order valence-electron chi connectivity index (χ3n) is 4.17. The molecule has 0 fully saturated rings. The minimum atomic E-state index is -0.00736. The lowest BCUT2D eigenvalue weighted by atomic mass is 9.93. The number of amides is 1. The smallest absolute Gasteiger partial charge is 0.251 e. The molecule has 0 aromatic heterocycles. The summed E-state index contributed by atoms with van der Waals surface area (Å²) in [7, 11) is 2.12. The minimum Gasteiger partial charge on any atom is -0.350 e. The molecular weight excluding hydrogens is 260 g/mol. The zero-order valence-electron chi connectivity index (χ0n) is 12.3. The van der Waals surface area contributed by atoms with Crippen LogP contribution in [-0.4, -0.2) is 30.9 Å². The van der Waals surface area contributed by atoms with Crippen LogP contribution in [0, 0.1) is 0 Å². The number of rotatable bonds is 3. The molecule has 0 spiro atoms. The Morgan fingerprint density at radius 1 is 1.14 bits per heavy atom. The van der Waals surface area contributed by atoms with Gasteiger partial charge < -0.3 is 5.32 Å². The Morgan fingerprint density at radius 3 is 2.67 bits per heavy atom. The summed E-state index contributed by atoms with van der Waals surface area (Å²) in [4.78, 5) is 14.5. The predicted octanol–water partition coefficient (Wildman–Crippen LogP) is 2.65. The zero-order chi connectivity index (χ0) is 14.7. The van der Waals surface area contributed by atoms with E-state index in [0.29, 0.717) is 12.1 Å². The van der Waals surface area contributed by atoms with E-state index in [1.165, 1.54) is 11.1 Å². The molecular formula is C18H20N2O. The van der Waals surface area contributed by atoms with Gasteiger partial charge in [0.2, 0.25) is 0 Å². The molecule has 0 aliphatic carbocycles. The monoisotopic (exact) mass is 280 g/mol. The van der Waals surface area contributed by atoms with Gasteiger partial charge >= 0.3 is 0 Å². The predicted molar refractivity (Wildman–Crippen MR) is 84.3 cm³/mol. The molecule has 0 saturated heterocycles. The van der Waals surface area contributed by atoms with Gasteiger partial charge in [-0.25, -0.2) is 0 Å². The summed E-state index contributed by atoms with van der Waals surface area (Å²) in [6.07, 6.45) is 1.08. The van der Waals surface area contributed by atoms with Crippen LogP contribution in [0.25, 0.3) is 0 Å². The summed E-state index contributed by atoms with van der Waals surface area (Å²) >= 11 is 0. The van der Waals surface area contributed by atoms with E-state index in [9.17, 15) is 4.79 Å². The van der Waals surface area contributed by atoms with Crippen LogP contribution in [0.4, 0.5) is 0 Å². The Balaban J connectivity index is 1.72. The molecule has 1 atom stereocenters. The van der Waals surface area contributed by atoms with E-state index in [-0.39, 0.29) is 11.9 Å². The molecule has 3 nitrogen and oxygen atoms in total. The maximum atomic E-state index is 12.2. The highest BCUT2D eigenvalue weighted by molar-refractivity contribution is 5.94. The molecule has 2 aromatic rings. The number of nitrogens with zero attached hydrogens (tertiary/aromatic N) is 1. The van der Waals surface area contributed by atoms with E-state index in [4.69, 9.17) is 0 Å². The Morgan fingerprint density at radius 2 is 1.86 bits per heavy atom. The van der Waals surface area contributed by atoms with Gasteiger partial charge in [0.25, 0.3) is 5.91 Å². The topological polar surface area (TPSA) is 32.3 Å². The quantitative estimate of drug-likeness (QED) is 0.937. The van der Waals surface area contributed by atoms with Crippen molar-refractivity contribution in [3.05, 3.63) is 71.3 Å². The summed E-state index contributed by atoms with van der Waals surface area (Å²) in [6, 6.07) is 18.1. The first-order chi connectivity index (χ1) is 10.3. The highest BCUT2D eigenvalue weighted by Gasteiger charge is 2.24. The van der Waals surface area contributed by atoms with Gasteiger partial charge in [-0.05, 0) is 36.7 Å². The van der Waals surface area contributed by atoms with E-state index >= 15 is 0 Å². The standard InChI is InChI=1S/C18H20N2O/c1-20-12-11-14-7-5-6-10-16(14)17(20)13-19-18(21)15-8-3-2-4-9-15/h2-10,17H,11-13H2,1H3,(H,19,21). The molecule has 1 unspecified atom stereocenters. The SMILES string of the molecule is CN1CCc2ccccc2C1CNC(=O)c1ccccc1. The lowest BCUT2D eigenvalue weighted by molar-refractivity contribution is 0.0936. The molecule has 3 heteroatoms. The van der Waals surface area contributed by atoms with E-state index in [1.54, 1.807) is 0 Å². The lowest BCUT2D eigenvalue weighted by Crippen LogP contribution is -2.40. The van der Waals surface area contributed by atoms with Crippen molar-refractivity contribution in [2.75, 3.05) is 20.1 Å². The summed E-state index contributed by atoms with van der Waals surface area (Å²) < 4.78 is 0. The number of fused-ring (bicyclic) bond motifs is 1. The molecule has 1 aliphatic rings. The molecule has 1 aliphatic heterocycles. The largest absolute Gasteiger partial charge is 0.350 e. The summed E-state index contributed by atoms with van der Waals surface area (Å²) in [5.41, 5.74) is 3.44. The van der Waals surface area contributed by atoms with Crippen molar-refractivity contribution in [1.29, 1.82) is 0 Å². The number of nitrogens with one attached hydrogen (secondary N) is 1. The second-order valence-electron chi connectivity index (χ2n) is 5.52. The molecule has 21 heavy (non-hydrogen) atoms. The van der Waals surface area contributed by atoms with Crippen LogP contribution >= 0.6 is 0 Å². The Hall–Kier alpha value is -2.13. The van der Waals surface area contributed by atoms with Gasteiger partial charge in [0, 0.05) is 18.7 Å². The van der Waals surface area contributed by atoms with Gasteiger partial charge in [-0.3, -0.25) is 9.69 Å². The first-order valence-electron chi connectivity index (χ1n) is 7.37. The fourth-order valence-electron chi connectivity index (χ4n) is 2.92. The highest BCUT2D eigenvalue weighted by atomic mass is 16.1. The fourth-order valence-corrected chi connectivity index (χ4v) is 2.92. The van der Waals surface area contributed by atoms with Crippen LogP contribution in [0.2, 0.25) is 0 Å². The van der Waals surface area contributed by atoms with Crippen molar-refractivity contribution in [1.82, 2.24) is 10.2 Å². The van der Waals surface area contributed by atoms with Crippen LogP contribution in [0.1, 0.15) is 27.5 Å². The first-order valence-corrected chi connectivity index (χ1v) is 7.37. The van der Waals surface area contributed by atoms with Crippen molar-refractivity contribution in [2.24, 2.45) is 0 Å². The van der Waals surface area contributed by atoms with Gasteiger partial charge in [0.05, 0.1) is 6.04 Å². The molecule has 1 N–H and O–H groups in total. The number of hydrogen-bond acceptors (Lipinski definition) is 2. The van der Waals surface area contributed by atoms with E-state index in [0.717, 1.165) is 13.0 Å². The third kappa shape index (κ3) is 2.98. The zero-order valence-corrected chi connectivity index (χ0v) is 12.3. The molecule has 1 heterocycles. The Labute approximate surface area is 125 Å². The molecule has 3 rings (SSSR count). The summed E-state index contributed by atoms with van der Waals surface area (Å²) in [6.45, 7) is 1.67. The van der Waals surface area contributed by atoms with Crippen LogP contribution in [0.3, 0.4) is 0 Å². The number of benzene rings is 2. The molecule has 108 valence electrons. The van der Waals surface area contributed by atoms with Crippen LogP contribution in [0.5, 0.6) is 0 Å². The second kappa shape index (κ2) is 6.10. The van der Waals surface area contributed by atoms with E-state index < -0.39 is 0 Å². The normalized spacial score (nSPS) is 18.0. The van der Waals surface area contributed by atoms with Crippen LogP contribution in [0.15, 0.2) is 54.6 Å². The first kappa shape index (κ1) is 13.8. The van der Waals surface area contributed by atoms with Crippen LogP contribution in [-0.2, 0) is 6.42 Å². The third-order valence-corrected chi connectivity index (χ3v) is 4.17. The van der Waals surface area contributed by atoms with Crippen molar-refractivity contribution in [3.8, 4) is 0 Å². The molecule has 0 bridgehead atoms. The fraction of sp³-hybridized carbons (Fsp3) is 0.278. The molecule has 0 saturated carbocycles. The van der Waals surface area contributed by atoms with E-state index in [1.807, 2.05) is 30.3 Å². The molecule has 2 aromatic carbocycles. The Kier molecular flexibility index (Phi) is 4.02. The average Bonchev–Trinajstić information content (AvgIpc) is 2.54. The van der Waals surface area contributed by atoms with E-state index in [2.05, 4.69) is 41.5 Å². The second-order valence-corrected chi connectivity index (χ2v) is 5.52. The van der Waals surface area contributed by atoms with Gasteiger partial charge in [0.15, 0.2) is 0 Å². The maximum absolute atomic E-state index is 12.2. The van der Waals surface area contributed by atoms with Crippen LogP contribution < -0.4 is 5.32 Å². The number of carbonyl (C=O) groups is 1. The molecule has 0 radical (unpaired) electrons.